The molecule has 1 aromatic carbocycles. The highest BCUT2D eigenvalue weighted by Gasteiger charge is 2.27. The van der Waals surface area contributed by atoms with Gasteiger partial charge in [-0.25, -0.2) is 8.42 Å². The van der Waals surface area contributed by atoms with Crippen molar-refractivity contribution in [2.75, 3.05) is 35.2 Å². The number of sulfonamides is 1. The topological polar surface area (TPSA) is 86.7 Å². The average Bonchev–Trinajstić information content (AvgIpc) is 2.57. The fourth-order valence-electron chi connectivity index (χ4n) is 2.65. The molecule has 2 N–H and O–H groups in total. The zero-order valence-electron chi connectivity index (χ0n) is 14.1. The second kappa shape index (κ2) is 9.12. The molecule has 1 saturated heterocycles. The smallest absolute Gasteiger partial charge is 0.253 e. The number of carbonyl (C=O) groups excluding carboxylic acids is 1. The molecule has 0 radical (unpaired) electrons. The lowest BCUT2D eigenvalue weighted by Crippen LogP contribution is -2.38. The molecule has 9 heteroatoms. The fourth-order valence-corrected chi connectivity index (χ4v) is 5.07. The van der Waals surface area contributed by atoms with Crippen molar-refractivity contribution in [1.82, 2.24) is 5.32 Å². The molecule has 1 aromatic rings. The first-order valence-electron chi connectivity index (χ1n) is 8.09. The van der Waals surface area contributed by atoms with Crippen LogP contribution in [0.3, 0.4) is 0 Å². The summed E-state index contributed by atoms with van der Waals surface area (Å²) in [6.07, 6.45) is 4.07. The molecule has 0 aliphatic carbocycles. The second-order valence-corrected chi connectivity index (χ2v) is 9.30. The molecule has 1 aliphatic heterocycles. The number of benzene rings is 1. The van der Waals surface area contributed by atoms with Gasteiger partial charge in [0.1, 0.15) is 0 Å². The maximum Gasteiger partial charge on any atom is 0.253 e. The van der Waals surface area contributed by atoms with E-state index in [0.717, 1.165) is 12.2 Å². The summed E-state index contributed by atoms with van der Waals surface area (Å²) in [6, 6.07) is 4.30. The van der Waals surface area contributed by atoms with Crippen LogP contribution in [0.5, 0.6) is 0 Å². The number of halogens is 1. The number of amides is 1. The minimum atomic E-state index is -3.32. The van der Waals surface area contributed by atoms with Gasteiger partial charge in [-0.2, -0.15) is 11.8 Å². The van der Waals surface area contributed by atoms with Crippen LogP contribution in [0.1, 0.15) is 29.6 Å². The van der Waals surface area contributed by atoms with Crippen molar-refractivity contribution in [1.29, 1.82) is 0 Å². The van der Waals surface area contributed by atoms with Gasteiger partial charge in [0.15, 0.2) is 0 Å². The Labute approximate surface area is 158 Å². The predicted octanol–water partition coefficient (Wildman–Crippen LogP) is 2.11. The van der Waals surface area contributed by atoms with Gasteiger partial charge < -0.3 is 10.4 Å². The molecule has 0 spiro atoms. The monoisotopic (exact) mass is 406 g/mol. The van der Waals surface area contributed by atoms with Crippen LogP contribution in [-0.4, -0.2) is 56.4 Å². The summed E-state index contributed by atoms with van der Waals surface area (Å²) < 4.78 is 25.7. The lowest BCUT2D eigenvalue weighted by Gasteiger charge is -2.28. The number of hydrogen-bond donors (Lipinski definition) is 2. The summed E-state index contributed by atoms with van der Waals surface area (Å²) in [4.78, 5) is 12.4. The molecule has 1 atom stereocenters. The first kappa shape index (κ1) is 20.4. The van der Waals surface area contributed by atoms with Gasteiger partial charge in [0, 0.05) is 6.54 Å². The van der Waals surface area contributed by atoms with E-state index < -0.39 is 10.0 Å². The molecular weight excluding hydrogens is 384 g/mol. The molecule has 0 bridgehead atoms. The quantitative estimate of drug-likeness (QED) is 0.724. The number of thioether (sulfide) groups is 1. The lowest BCUT2D eigenvalue weighted by molar-refractivity contribution is 0.0915. The number of aliphatic hydroxyl groups is 1. The number of aliphatic hydroxyl groups excluding tert-OH is 1. The highest BCUT2D eigenvalue weighted by molar-refractivity contribution is 7.98. The summed E-state index contributed by atoms with van der Waals surface area (Å²) in [5.74, 6) is 0.573. The number of anilines is 1. The SMILES string of the molecule is CSCC[C@H](CO)NC(=O)c1ccc(N2CCCCS2(=O)=O)cc1Cl. The van der Waals surface area contributed by atoms with E-state index in [1.165, 1.54) is 16.4 Å². The second-order valence-electron chi connectivity index (χ2n) is 5.89. The number of hydrogen-bond acceptors (Lipinski definition) is 5. The maximum atomic E-state index is 12.4. The van der Waals surface area contributed by atoms with Crippen LogP contribution in [0.2, 0.25) is 5.02 Å². The third-order valence-corrected chi connectivity index (χ3v) is 6.89. The van der Waals surface area contributed by atoms with Crippen molar-refractivity contribution < 1.29 is 18.3 Å². The van der Waals surface area contributed by atoms with Crippen LogP contribution in [0.4, 0.5) is 5.69 Å². The summed E-state index contributed by atoms with van der Waals surface area (Å²) in [5, 5.41) is 12.3. The Kier molecular flexibility index (Phi) is 7.42. The van der Waals surface area contributed by atoms with Crippen molar-refractivity contribution >= 4 is 45.0 Å². The Morgan fingerprint density at radius 1 is 1.44 bits per heavy atom. The number of carbonyl (C=O) groups is 1. The standard InChI is InChI=1S/C16H23ClN2O4S2/c1-24-8-6-12(11-20)18-16(21)14-5-4-13(10-15(14)17)19-7-2-3-9-25(19,22)23/h4-5,10,12,20H,2-3,6-9,11H2,1H3,(H,18,21)/t12-/m1/s1. The van der Waals surface area contributed by atoms with Crippen molar-refractivity contribution in [3.8, 4) is 0 Å². The first-order valence-corrected chi connectivity index (χ1v) is 11.5. The van der Waals surface area contributed by atoms with Crippen molar-refractivity contribution in [3.05, 3.63) is 28.8 Å². The predicted molar refractivity (Wildman–Crippen MR) is 103 cm³/mol. The van der Waals surface area contributed by atoms with Crippen LogP contribution in [-0.2, 0) is 10.0 Å². The third kappa shape index (κ3) is 5.26. The van der Waals surface area contributed by atoms with E-state index in [1.807, 2.05) is 6.26 Å². The summed E-state index contributed by atoms with van der Waals surface area (Å²) in [6.45, 7) is 0.277. The molecular formula is C16H23ClN2O4S2. The largest absolute Gasteiger partial charge is 0.394 e. The summed E-state index contributed by atoms with van der Waals surface area (Å²) in [5.41, 5.74) is 0.741. The van der Waals surface area contributed by atoms with Crippen molar-refractivity contribution in [3.63, 3.8) is 0 Å². The number of nitrogens with zero attached hydrogens (tertiary/aromatic N) is 1. The van der Waals surface area contributed by atoms with E-state index in [1.54, 1.807) is 17.8 Å². The maximum absolute atomic E-state index is 12.4. The van der Waals surface area contributed by atoms with Crippen LogP contribution in [0.25, 0.3) is 0 Å². The Balaban J connectivity index is 2.14. The molecule has 0 unspecified atom stereocenters. The van der Waals surface area contributed by atoms with Crippen LogP contribution in [0, 0.1) is 0 Å². The van der Waals surface area contributed by atoms with E-state index >= 15 is 0 Å². The normalized spacial score (nSPS) is 18.0. The van der Waals surface area contributed by atoms with Gasteiger partial charge in [-0.05, 0) is 49.5 Å². The molecule has 25 heavy (non-hydrogen) atoms. The summed E-state index contributed by atoms with van der Waals surface area (Å²) >= 11 is 7.86. The number of rotatable bonds is 7. The summed E-state index contributed by atoms with van der Waals surface area (Å²) in [7, 11) is -3.32. The Morgan fingerprint density at radius 2 is 2.20 bits per heavy atom. The van der Waals surface area contributed by atoms with Crippen LogP contribution >= 0.6 is 23.4 Å². The van der Waals surface area contributed by atoms with Gasteiger partial charge in [0.25, 0.3) is 5.91 Å². The van der Waals surface area contributed by atoms with Gasteiger partial charge >= 0.3 is 0 Å². The zero-order valence-corrected chi connectivity index (χ0v) is 16.5. The molecule has 1 fully saturated rings. The molecule has 140 valence electrons. The van der Waals surface area contributed by atoms with E-state index in [2.05, 4.69) is 5.32 Å². The van der Waals surface area contributed by atoms with Gasteiger partial charge in [-0.3, -0.25) is 9.10 Å². The zero-order chi connectivity index (χ0) is 18.4. The molecule has 6 nitrogen and oxygen atoms in total. The molecule has 1 aliphatic rings. The molecule has 0 saturated carbocycles. The molecule has 1 heterocycles. The molecule has 0 aromatic heterocycles. The lowest BCUT2D eigenvalue weighted by atomic mass is 10.1. The minimum absolute atomic E-state index is 0.125. The van der Waals surface area contributed by atoms with E-state index in [9.17, 15) is 18.3 Å². The van der Waals surface area contributed by atoms with Crippen molar-refractivity contribution in [2.24, 2.45) is 0 Å². The number of nitrogens with one attached hydrogen (secondary N) is 1. The molecule has 1 amide bonds. The fraction of sp³-hybridized carbons (Fsp3) is 0.562. The highest BCUT2D eigenvalue weighted by Crippen LogP contribution is 2.28. The van der Waals surface area contributed by atoms with Gasteiger partial charge in [0.2, 0.25) is 10.0 Å². The van der Waals surface area contributed by atoms with E-state index in [4.69, 9.17) is 11.6 Å². The van der Waals surface area contributed by atoms with Gasteiger partial charge in [-0.15, -0.1) is 0 Å². The highest BCUT2D eigenvalue weighted by atomic mass is 35.5. The Hall–Kier alpha value is -0.960. The van der Waals surface area contributed by atoms with Crippen molar-refractivity contribution in [2.45, 2.75) is 25.3 Å². The molecule has 2 rings (SSSR count). The Morgan fingerprint density at radius 3 is 2.80 bits per heavy atom. The van der Waals surface area contributed by atoms with E-state index in [0.29, 0.717) is 25.1 Å². The first-order chi connectivity index (χ1) is 11.9. The van der Waals surface area contributed by atoms with Gasteiger partial charge in [-0.1, -0.05) is 11.6 Å². The Bertz CT molecular complexity index is 712. The van der Waals surface area contributed by atoms with E-state index in [-0.39, 0.29) is 34.9 Å². The van der Waals surface area contributed by atoms with Crippen LogP contribution < -0.4 is 9.62 Å². The average molecular weight is 407 g/mol. The van der Waals surface area contributed by atoms with Crippen LogP contribution in [0.15, 0.2) is 18.2 Å². The van der Waals surface area contributed by atoms with Gasteiger partial charge in [0.05, 0.1) is 34.7 Å². The minimum Gasteiger partial charge on any atom is -0.394 e. The third-order valence-electron chi connectivity index (χ3n) is 4.06.